The molecule has 2 rings (SSSR count). The lowest BCUT2D eigenvalue weighted by Crippen LogP contribution is -2.19. The van der Waals surface area contributed by atoms with Gasteiger partial charge in [0, 0.05) is 12.4 Å². The highest BCUT2D eigenvalue weighted by Crippen LogP contribution is 2.31. The van der Waals surface area contributed by atoms with E-state index in [1.165, 1.54) is 0 Å². The van der Waals surface area contributed by atoms with E-state index >= 15 is 0 Å². The van der Waals surface area contributed by atoms with Crippen LogP contribution in [-0.2, 0) is 6.18 Å². The Kier molecular flexibility index (Phi) is 3.00. The van der Waals surface area contributed by atoms with Crippen molar-refractivity contribution in [1.29, 1.82) is 0 Å². The van der Waals surface area contributed by atoms with Crippen molar-refractivity contribution in [3.05, 3.63) is 42.2 Å². The Bertz CT molecular complexity index is 552. The normalized spacial score (nSPS) is 11.3. The Labute approximate surface area is 98.7 Å². The SMILES string of the molecule is O=C(Nc1cocn1)c1cnccc1C(F)(F)F. The van der Waals surface area contributed by atoms with Crippen LogP contribution in [0.1, 0.15) is 15.9 Å². The van der Waals surface area contributed by atoms with Gasteiger partial charge in [0.25, 0.3) is 5.91 Å². The molecule has 1 N–H and O–H groups in total. The second-order valence-electron chi connectivity index (χ2n) is 3.25. The van der Waals surface area contributed by atoms with Crippen molar-refractivity contribution < 1.29 is 22.4 Å². The zero-order valence-corrected chi connectivity index (χ0v) is 8.73. The average Bonchev–Trinajstić information content (AvgIpc) is 2.80. The average molecular weight is 257 g/mol. The van der Waals surface area contributed by atoms with Crippen molar-refractivity contribution in [1.82, 2.24) is 9.97 Å². The lowest BCUT2D eigenvalue weighted by Gasteiger charge is -2.10. The number of anilines is 1. The fourth-order valence-electron chi connectivity index (χ4n) is 1.28. The van der Waals surface area contributed by atoms with E-state index in [-0.39, 0.29) is 5.82 Å². The van der Waals surface area contributed by atoms with Crippen LogP contribution >= 0.6 is 0 Å². The van der Waals surface area contributed by atoms with E-state index < -0.39 is 23.2 Å². The predicted octanol–water partition coefficient (Wildman–Crippen LogP) is 2.34. The second-order valence-corrected chi connectivity index (χ2v) is 3.25. The Morgan fingerprint density at radius 2 is 2.17 bits per heavy atom. The number of hydrogen-bond donors (Lipinski definition) is 1. The highest BCUT2D eigenvalue weighted by atomic mass is 19.4. The summed E-state index contributed by atoms with van der Waals surface area (Å²) in [6, 6.07) is 0.734. The minimum absolute atomic E-state index is 0.0250. The topological polar surface area (TPSA) is 68.0 Å². The molecule has 94 valence electrons. The third kappa shape index (κ3) is 2.47. The zero-order valence-electron chi connectivity index (χ0n) is 8.73. The number of pyridine rings is 1. The third-order valence-corrected chi connectivity index (χ3v) is 2.05. The van der Waals surface area contributed by atoms with Gasteiger partial charge in [-0.25, -0.2) is 0 Å². The molecule has 2 heterocycles. The molecule has 0 saturated carbocycles. The van der Waals surface area contributed by atoms with E-state index in [9.17, 15) is 18.0 Å². The summed E-state index contributed by atoms with van der Waals surface area (Å²) in [5.41, 5.74) is -1.63. The van der Waals surface area contributed by atoms with Gasteiger partial charge in [-0.3, -0.25) is 9.78 Å². The molecule has 0 radical (unpaired) electrons. The summed E-state index contributed by atoms with van der Waals surface area (Å²) in [5.74, 6) is -0.929. The summed E-state index contributed by atoms with van der Waals surface area (Å²) < 4.78 is 42.5. The fraction of sp³-hybridized carbons (Fsp3) is 0.100. The van der Waals surface area contributed by atoms with Crippen molar-refractivity contribution in [2.24, 2.45) is 0 Å². The van der Waals surface area contributed by atoms with Crippen LogP contribution in [0, 0.1) is 0 Å². The molecule has 0 saturated heterocycles. The van der Waals surface area contributed by atoms with Gasteiger partial charge in [0.1, 0.15) is 6.26 Å². The van der Waals surface area contributed by atoms with Gasteiger partial charge in [0.15, 0.2) is 12.2 Å². The predicted molar refractivity (Wildman–Crippen MR) is 53.7 cm³/mol. The first-order valence-electron chi connectivity index (χ1n) is 4.69. The monoisotopic (exact) mass is 257 g/mol. The number of nitrogens with one attached hydrogen (secondary N) is 1. The van der Waals surface area contributed by atoms with Gasteiger partial charge in [-0.15, -0.1) is 0 Å². The van der Waals surface area contributed by atoms with Gasteiger partial charge >= 0.3 is 6.18 Å². The quantitative estimate of drug-likeness (QED) is 0.896. The second kappa shape index (κ2) is 4.47. The number of oxazole rings is 1. The number of rotatable bonds is 2. The molecule has 18 heavy (non-hydrogen) atoms. The molecular weight excluding hydrogens is 251 g/mol. The molecular formula is C10H6F3N3O2. The summed E-state index contributed by atoms with van der Waals surface area (Å²) in [6.07, 6.45) is -0.668. The smallest absolute Gasteiger partial charge is 0.417 e. The maximum Gasteiger partial charge on any atom is 0.417 e. The van der Waals surface area contributed by atoms with Crippen molar-refractivity contribution in [2.45, 2.75) is 6.18 Å². The lowest BCUT2D eigenvalue weighted by molar-refractivity contribution is -0.137. The van der Waals surface area contributed by atoms with Gasteiger partial charge in [-0.05, 0) is 6.07 Å². The standard InChI is InChI=1S/C10H6F3N3O2/c11-10(12,13)7-1-2-14-3-6(7)9(17)16-8-4-18-5-15-8/h1-5H,(H,16,17). The Balaban J connectivity index is 2.31. The maximum atomic E-state index is 12.6. The van der Waals surface area contributed by atoms with Crippen molar-refractivity contribution in [3.63, 3.8) is 0 Å². The largest absolute Gasteiger partial charge is 0.449 e. The first kappa shape index (κ1) is 12.1. The summed E-state index contributed by atoms with van der Waals surface area (Å²) in [7, 11) is 0. The number of amides is 1. The van der Waals surface area contributed by atoms with Gasteiger partial charge in [-0.1, -0.05) is 0 Å². The van der Waals surface area contributed by atoms with E-state index in [1.54, 1.807) is 0 Å². The third-order valence-electron chi connectivity index (χ3n) is 2.05. The number of carbonyl (C=O) groups is 1. The lowest BCUT2D eigenvalue weighted by atomic mass is 10.1. The van der Waals surface area contributed by atoms with Crippen LogP contribution in [0.2, 0.25) is 0 Å². The molecule has 0 aliphatic heterocycles. The van der Waals surface area contributed by atoms with Crippen LogP contribution in [0.25, 0.3) is 0 Å². The molecule has 0 bridgehead atoms. The summed E-state index contributed by atoms with van der Waals surface area (Å²) in [5, 5.41) is 2.17. The number of carbonyl (C=O) groups excluding carboxylic acids is 1. The molecule has 0 unspecified atom stereocenters. The Morgan fingerprint density at radius 3 is 2.78 bits per heavy atom. The number of nitrogens with zero attached hydrogens (tertiary/aromatic N) is 2. The number of hydrogen-bond acceptors (Lipinski definition) is 4. The van der Waals surface area contributed by atoms with Crippen LogP contribution in [0.4, 0.5) is 19.0 Å². The van der Waals surface area contributed by atoms with Crippen LogP contribution in [0.5, 0.6) is 0 Å². The minimum Gasteiger partial charge on any atom is -0.449 e. The summed E-state index contributed by atoms with van der Waals surface area (Å²) in [6.45, 7) is 0. The number of aromatic nitrogens is 2. The van der Waals surface area contributed by atoms with Gasteiger partial charge in [0.05, 0.1) is 11.1 Å². The van der Waals surface area contributed by atoms with E-state index in [1.807, 2.05) is 0 Å². The molecule has 0 aliphatic rings. The highest BCUT2D eigenvalue weighted by molar-refractivity contribution is 6.04. The molecule has 0 aromatic carbocycles. The fourth-order valence-corrected chi connectivity index (χ4v) is 1.28. The van der Waals surface area contributed by atoms with Crippen molar-refractivity contribution in [2.75, 3.05) is 5.32 Å². The highest BCUT2D eigenvalue weighted by Gasteiger charge is 2.35. The summed E-state index contributed by atoms with van der Waals surface area (Å²) in [4.78, 5) is 18.7. The molecule has 0 atom stereocenters. The number of alkyl halides is 3. The first-order valence-corrected chi connectivity index (χ1v) is 4.69. The maximum absolute atomic E-state index is 12.6. The van der Waals surface area contributed by atoms with Gasteiger partial charge in [0.2, 0.25) is 0 Å². The van der Waals surface area contributed by atoms with Crippen molar-refractivity contribution >= 4 is 11.7 Å². The van der Waals surface area contributed by atoms with E-state index in [4.69, 9.17) is 0 Å². The molecule has 1 amide bonds. The van der Waals surface area contributed by atoms with Crippen LogP contribution < -0.4 is 5.32 Å². The van der Waals surface area contributed by atoms with Gasteiger partial charge in [-0.2, -0.15) is 18.2 Å². The molecule has 8 heteroatoms. The molecule has 0 fully saturated rings. The summed E-state index contributed by atoms with van der Waals surface area (Å²) >= 11 is 0. The molecule has 2 aromatic heterocycles. The van der Waals surface area contributed by atoms with E-state index in [2.05, 4.69) is 19.7 Å². The van der Waals surface area contributed by atoms with Crippen LogP contribution in [0.3, 0.4) is 0 Å². The Hall–Kier alpha value is -2.38. The number of halogens is 3. The van der Waals surface area contributed by atoms with Crippen LogP contribution in [0.15, 0.2) is 35.5 Å². The molecule has 5 nitrogen and oxygen atoms in total. The first-order chi connectivity index (χ1) is 8.48. The van der Waals surface area contributed by atoms with Crippen molar-refractivity contribution in [3.8, 4) is 0 Å². The van der Waals surface area contributed by atoms with Gasteiger partial charge < -0.3 is 9.73 Å². The van der Waals surface area contributed by atoms with E-state index in [0.717, 1.165) is 31.1 Å². The molecule has 2 aromatic rings. The molecule has 0 spiro atoms. The zero-order chi connectivity index (χ0) is 13.2. The Morgan fingerprint density at radius 1 is 1.39 bits per heavy atom. The minimum atomic E-state index is -4.63. The van der Waals surface area contributed by atoms with E-state index in [0.29, 0.717) is 0 Å². The molecule has 0 aliphatic carbocycles. The van der Waals surface area contributed by atoms with Crippen LogP contribution in [-0.4, -0.2) is 15.9 Å².